The normalized spacial score (nSPS) is 11.4. The number of anilines is 1. The van der Waals surface area contributed by atoms with E-state index in [-0.39, 0.29) is 29.6 Å². The van der Waals surface area contributed by atoms with Gasteiger partial charge in [0.1, 0.15) is 29.3 Å². The van der Waals surface area contributed by atoms with Crippen molar-refractivity contribution < 1.29 is 26.8 Å². The second-order valence-electron chi connectivity index (χ2n) is 6.23. The minimum absolute atomic E-state index is 0.0724. The number of nitrogens with zero attached hydrogens (tertiary/aromatic N) is 4. The predicted molar refractivity (Wildman–Crippen MR) is 101 cm³/mol. The minimum Gasteiger partial charge on any atom is -0.406 e. The van der Waals surface area contributed by atoms with Gasteiger partial charge in [0, 0.05) is 12.7 Å². The predicted octanol–water partition coefficient (Wildman–Crippen LogP) is 4.84. The molecule has 158 valence electrons. The van der Waals surface area contributed by atoms with Crippen molar-refractivity contribution >= 4 is 5.82 Å². The summed E-state index contributed by atoms with van der Waals surface area (Å²) in [4.78, 5) is 12.3. The van der Waals surface area contributed by atoms with Crippen molar-refractivity contribution in [2.24, 2.45) is 0 Å². The largest absolute Gasteiger partial charge is 0.573 e. The number of rotatable bonds is 6. The lowest BCUT2D eigenvalue weighted by molar-refractivity contribution is -0.274. The van der Waals surface area contributed by atoms with Crippen LogP contribution in [0.1, 0.15) is 5.56 Å². The second-order valence-corrected chi connectivity index (χ2v) is 6.23. The molecule has 0 spiro atoms. The molecule has 0 atom stereocenters. The SMILES string of the molecule is Fc1ccccc1-c1noc(-c2cncnc2NCc2ccc(OC(F)(F)F)cc2)n1. The summed E-state index contributed by atoms with van der Waals surface area (Å²) in [5.41, 5.74) is 1.25. The Morgan fingerprint density at radius 3 is 2.52 bits per heavy atom. The molecule has 0 saturated carbocycles. The number of aromatic nitrogens is 4. The van der Waals surface area contributed by atoms with Crippen molar-refractivity contribution in [1.82, 2.24) is 20.1 Å². The Hall–Kier alpha value is -4.02. The molecule has 4 aromatic rings. The van der Waals surface area contributed by atoms with Crippen LogP contribution in [0, 0.1) is 5.82 Å². The Bertz CT molecular complexity index is 1180. The quantitative estimate of drug-likeness (QED) is 0.437. The van der Waals surface area contributed by atoms with E-state index in [1.807, 2.05) is 0 Å². The third kappa shape index (κ3) is 4.94. The Balaban J connectivity index is 1.50. The highest BCUT2D eigenvalue weighted by atomic mass is 19.4. The molecule has 11 heteroatoms. The van der Waals surface area contributed by atoms with E-state index in [1.165, 1.54) is 48.9 Å². The van der Waals surface area contributed by atoms with Gasteiger partial charge in [0.2, 0.25) is 5.82 Å². The van der Waals surface area contributed by atoms with Crippen molar-refractivity contribution in [2.75, 3.05) is 5.32 Å². The zero-order valence-corrected chi connectivity index (χ0v) is 15.6. The van der Waals surface area contributed by atoms with Crippen molar-refractivity contribution in [3.63, 3.8) is 0 Å². The lowest BCUT2D eigenvalue weighted by atomic mass is 10.2. The molecule has 0 unspecified atom stereocenters. The maximum absolute atomic E-state index is 14.0. The standard InChI is InChI=1S/C20H13F4N5O2/c21-16-4-2-1-3-14(16)18-28-19(31-29-18)15-10-25-11-27-17(15)26-9-12-5-7-13(8-6-12)30-20(22,23)24/h1-8,10-11H,9H2,(H,25,26,27). The summed E-state index contributed by atoms with van der Waals surface area (Å²) in [6.45, 7) is 0.241. The van der Waals surface area contributed by atoms with Crippen LogP contribution in [-0.2, 0) is 6.54 Å². The zero-order valence-electron chi connectivity index (χ0n) is 15.6. The lowest BCUT2D eigenvalue weighted by Crippen LogP contribution is -2.17. The summed E-state index contributed by atoms with van der Waals surface area (Å²) in [6.07, 6.45) is -1.99. The van der Waals surface area contributed by atoms with Crippen LogP contribution in [0.3, 0.4) is 0 Å². The fourth-order valence-corrected chi connectivity index (χ4v) is 2.71. The lowest BCUT2D eigenvalue weighted by Gasteiger charge is -2.10. The van der Waals surface area contributed by atoms with Gasteiger partial charge in [-0.2, -0.15) is 4.98 Å². The average Bonchev–Trinajstić information content (AvgIpc) is 3.22. The maximum Gasteiger partial charge on any atom is 0.573 e. The highest BCUT2D eigenvalue weighted by Gasteiger charge is 2.30. The van der Waals surface area contributed by atoms with E-state index < -0.39 is 12.2 Å². The van der Waals surface area contributed by atoms with Crippen LogP contribution in [0.4, 0.5) is 23.4 Å². The first-order valence-corrected chi connectivity index (χ1v) is 8.86. The number of alkyl halides is 3. The van der Waals surface area contributed by atoms with Gasteiger partial charge in [-0.25, -0.2) is 14.4 Å². The molecule has 31 heavy (non-hydrogen) atoms. The van der Waals surface area contributed by atoms with Crippen LogP contribution in [0.5, 0.6) is 5.75 Å². The van der Waals surface area contributed by atoms with Crippen LogP contribution in [0.2, 0.25) is 0 Å². The topological polar surface area (TPSA) is 86.0 Å². The third-order valence-corrected chi connectivity index (χ3v) is 4.10. The molecule has 1 N–H and O–H groups in total. The Labute approximate surface area is 172 Å². The first kappa shape index (κ1) is 20.3. The second kappa shape index (κ2) is 8.38. The molecule has 0 aliphatic heterocycles. The van der Waals surface area contributed by atoms with E-state index in [0.29, 0.717) is 16.9 Å². The first-order chi connectivity index (χ1) is 14.9. The molecule has 0 radical (unpaired) electrons. The van der Waals surface area contributed by atoms with Gasteiger partial charge in [-0.3, -0.25) is 0 Å². The summed E-state index contributed by atoms with van der Waals surface area (Å²) in [5.74, 6) is -0.297. The van der Waals surface area contributed by atoms with E-state index >= 15 is 0 Å². The van der Waals surface area contributed by atoms with Gasteiger partial charge in [-0.1, -0.05) is 29.4 Å². The fourth-order valence-electron chi connectivity index (χ4n) is 2.71. The van der Waals surface area contributed by atoms with E-state index in [0.717, 1.165) is 0 Å². The molecular formula is C20H13F4N5O2. The van der Waals surface area contributed by atoms with Crippen molar-refractivity contribution in [1.29, 1.82) is 0 Å². The van der Waals surface area contributed by atoms with Crippen LogP contribution in [0.25, 0.3) is 22.8 Å². The summed E-state index contributed by atoms with van der Waals surface area (Å²) in [6, 6.07) is 11.4. The van der Waals surface area contributed by atoms with Gasteiger partial charge < -0.3 is 14.6 Å². The summed E-state index contributed by atoms with van der Waals surface area (Å²) >= 11 is 0. The van der Waals surface area contributed by atoms with Crippen LogP contribution in [-0.4, -0.2) is 26.5 Å². The third-order valence-electron chi connectivity index (χ3n) is 4.10. The molecular weight excluding hydrogens is 418 g/mol. The number of nitrogens with one attached hydrogen (secondary N) is 1. The van der Waals surface area contributed by atoms with E-state index in [9.17, 15) is 17.6 Å². The van der Waals surface area contributed by atoms with Gasteiger partial charge in [0.05, 0.1) is 5.56 Å². The zero-order chi connectivity index (χ0) is 21.8. The Kier molecular flexibility index (Phi) is 5.48. The van der Waals surface area contributed by atoms with Gasteiger partial charge in [-0.15, -0.1) is 13.2 Å². The van der Waals surface area contributed by atoms with E-state index in [1.54, 1.807) is 12.1 Å². The highest BCUT2D eigenvalue weighted by molar-refractivity contribution is 5.69. The molecule has 2 aromatic heterocycles. The van der Waals surface area contributed by atoms with Crippen LogP contribution >= 0.6 is 0 Å². The number of benzene rings is 2. The molecule has 7 nitrogen and oxygen atoms in total. The summed E-state index contributed by atoms with van der Waals surface area (Å²) < 4.78 is 59.8. The fraction of sp³-hybridized carbons (Fsp3) is 0.100. The number of hydrogen-bond acceptors (Lipinski definition) is 7. The van der Waals surface area contributed by atoms with E-state index in [4.69, 9.17) is 4.52 Å². The molecule has 0 amide bonds. The summed E-state index contributed by atoms with van der Waals surface area (Å²) in [7, 11) is 0. The van der Waals surface area contributed by atoms with Crippen molar-refractivity contribution in [2.45, 2.75) is 12.9 Å². The molecule has 2 aromatic carbocycles. The monoisotopic (exact) mass is 431 g/mol. The molecule has 0 bridgehead atoms. The average molecular weight is 431 g/mol. The van der Waals surface area contributed by atoms with Gasteiger partial charge in [0.15, 0.2) is 0 Å². The first-order valence-electron chi connectivity index (χ1n) is 8.86. The van der Waals surface area contributed by atoms with Gasteiger partial charge in [-0.05, 0) is 29.8 Å². The Morgan fingerprint density at radius 1 is 1.00 bits per heavy atom. The van der Waals surface area contributed by atoms with Gasteiger partial charge >= 0.3 is 6.36 Å². The molecule has 0 fully saturated rings. The molecule has 0 aliphatic rings. The minimum atomic E-state index is -4.75. The molecule has 2 heterocycles. The van der Waals surface area contributed by atoms with Crippen molar-refractivity contribution in [3.05, 3.63) is 72.4 Å². The number of halogens is 4. The smallest absolute Gasteiger partial charge is 0.406 e. The molecule has 0 saturated heterocycles. The highest BCUT2D eigenvalue weighted by Crippen LogP contribution is 2.28. The van der Waals surface area contributed by atoms with Gasteiger partial charge in [0.25, 0.3) is 5.89 Å². The summed E-state index contributed by atoms with van der Waals surface area (Å²) in [5, 5.41) is 6.85. The van der Waals surface area contributed by atoms with Crippen LogP contribution < -0.4 is 10.1 Å². The maximum atomic E-state index is 14.0. The van der Waals surface area contributed by atoms with Crippen LogP contribution in [0.15, 0.2) is 65.6 Å². The number of hydrogen-bond donors (Lipinski definition) is 1. The number of ether oxygens (including phenoxy) is 1. The molecule has 4 rings (SSSR count). The van der Waals surface area contributed by atoms with E-state index in [2.05, 4.69) is 30.2 Å². The Morgan fingerprint density at radius 2 is 1.77 bits per heavy atom. The van der Waals surface area contributed by atoms with Crippen molar-refractivity contribution in [3.8, 4) is 28.6 Å². The molecule has 0 aliphatic carbocycles.